The molecule has 0 unspecified atom stereocenters. The van der Waals surface area contributed by atoms with Crippen molar-refractivity contribution in [2.24, 2.45) is 0 Å². The first-order valence-corrected chi connectivity index (χ1v) is 7.37. The standard InChI is InChI=1S/C15H14N2O4S/c18-13(7-8-14(19)20)16-10-3-5-11(6-4-10)17-15(21)12-2-1-9-22-12/h1-6,9H,7-8H2,(H,16,18)(H,17,21)(H,19,20)/p-1. The highest BCUT2D eigenvalue weighted by molar-refractivity contribution is 7.12. The third-order valence-corrected chi connectivity index (χ3v) is 3.60. The molecule has 1 heterocycles. The van der Waals surface area contributed by atoms with Gasteiger partial charge in [0.15, 0.2) is 0 Å². The van der Waals surface area contributed by atoms with Gasteiger partial charge in [0.25, 0.3) is 5.91 Å². The molecule has 0 bridgehead atoms. The van der Waals surface area contributed by atoms with E-state index < -0.39 is 11.9 Å². The van der Waals surface area contributed by atoms with Crippen molar-refractivity contribution in [1.82, 2.24) is 0 Å². The molecule has 0 aliphatic heterocycles. The summed E-state index contributed by atoms with van der Waals surface area (Å²) in [5, 5.41) is 17.4. The maximum absolute atomic E-state index is 11.9. The van der Waals surface area contributed by atoms with Crippen LogP contribution in [0.25, 0.3) is 0 Å². The van der Waals surface area contributed by atoms with Gasteiger partial charge in [0, 0.05) is 23.8 Å². The maximum atomic E-state index is 11.9. The van der Waals surface area contributed by atoms with Gasteiger partial charge in [-0.1, -0.05) is 6.07 Å². The molecule has 0 atom stereocenters. The second-order valence-corrected chi connectivity index (χ2v) is 5.38. The molecule has 0 aliphatic rings. The van der Waals surface area contributed by atoms with Crippen molar-refractivity contribution in [2.45, 2.75) is 12.8 Å². The number of benzene rings is 1. The molecule has 2 amide bonds. The van der Waals surface area contributed by atoms with Crippen LogP contribution >= 0.6 is 11.3 Å². The van der Waals surface area contributed by atoms with Crippen molar-refractivity contribution in [3.8, 4) is 0 Å². The van der Waals surface area contributed by atoms with Crippen molar-refractivity contribution < 1.29 is 19.5 Å². The Labute approximate surface area is 130 Å². The molecule has 1 aromatic carbocycles. The minimum atomic E-state index is -1.26. The quantitative estimate of drug-likeness (QED) is 0.843. The fourth-order valence-electron chi connectivity index (χ4n) is 1.68. The number of carbonyl (C=O) groups excluding carboxylic acids is 3. The van der Waals surface area contributed by atoms with E-state index in [1.807, 2.05) is 5.38 Å². The average molecular weight is 317 g/mol. The molecule has 2 rings (SSSR count). The first-order chi connectivity index (χ1) is 10.5. The van der Waals surface area contributed by atoms with E-state index in [0.29, 0.717) is 16.3 Å². The van der Waals surface area contributed by atoms with E-state index >= 15 is 0 Å². The van der Waals surface area contributed by atoms with Gasteiger partial charge in [-0.15, -0.1) is 11.3 Å². The summed E-state index contributed by atoms with van der Waals surface area (Å²) in [7, 11) is 0. The lowest BCUT2D eigenvalue weighted by molar-refractivity contribution is -0.305. The van der Waals surface area contributed by atoms with Crippen molar-refractivity contribution in [2.75, 3.05) is 10.6 Å². The molecule has 2 aromatic rings. The van der Waals surface area contributed by atoms with E-state index in [0.717, 1.165) is 0 Å². The molecule has 0 spiro atoms. The lowest BCUT2D eigenvalue weighted by Gasteiger charge is -2.07. The Morgan fingerprint density at radius 2 is 1.59 bits per heavy atom. The third-order valence-electron chi connectivity index (χ3n) is 2.73. The van der Waals surface area contributed by atoms with Gasteiger partial charge in [-0.05, 0) is 42.1 Å². The molecule has 0 radical (unpaired) electrons. The zero-order valence-corrected chi connectivity index (χ0v) is 12.3. The van der Waals surface area contributed by atoms with Gasteiger partial charge in [-0.25, -0.2) is 0 Å². The van der Waals surface area contributed by atoms with Gasteiger partial charge < -0.3 is 20.5 Å². The summed E-state index contributed by atoms with van der Waals surface area (Å²) in [6.07, 6.45) is -0.458. The summed E-state index contributed by atoms with van der Waals surface area (Å²) in [6.45, 7) is 0. The predicted molar refractivity (Wildman–Crippen MR) is 81.6 cm³/mol. The Kier molecular flexibility index (Phi) is 5.26. The minimum Gasteiger partial charge on any atom is -0.550 e. The number of amides is 2. The van der Waals surface area contributed by atoms with E-state index in [1.165, 1.54) is 11.3 Å². The maximum Gasteiger partial charge on any atom is 0.265 e. The fraction of sp³-hybridized carbons (Fsp3) is 0.133. The Bertz CT molecular complexity index is 665. The topological polar surface area (TPSA) is 98.3 Å². The van der Waals surface area contributed by atoms with Crippen molar-refractivity contribution in [3.05, 3.63) is 46.7 Å². The average Bonchev–Trinajstić information content (AvgIpc) is 3.01. The van der Waals surface area contributed by atoms with Crippen LogP contribution in [0, 0.1) is 0 Å². The van der Waals surface area contributed by atoms with Crippen LogP contribution in [-0.2, 0) is 9.59 Å². The van der Waals surface area contributed by atoms with Crippen LogP contribution in [0.15, 0.2) is 41.8 Å². The molecule has 7 heteroatoms. The number of carboxylic acids is 1. The van der Waals surface area contributed by atoms with E-state index in [9.17, 15) is 19.5 Å². The van der Waals surface area contributed by atoms with Crippen LogP contribution in [0.1, 0.15) is 22.5 Å². The molecule has 6 nitrogen and oxygen atoms in total. The van der Waals surface area contributed by atoms with Gasteiger partial charge in [0.2, 0.25) is 5.91 Å². The normalized spacial score (nSPS) is 10.0. The SMILES string of the molecule is O=C([O-])CCC(=O)Nc1ccc(NC(=O)c2cccs2)cc1. The van der Waals surface area contributed by atoms with Gasteiger partial charge >= 0.3 is 0 Å². The van der Waals surface area contributed by atoms with E-state index in [4.69, 9.17) is 0 Å². The monoisotopic (exact) mass is 317 g/mol. The van der Waals surface area contributed by atoms with Crippen molar-refractivity contribution in [1.29, 1.82) is 0 Å². The van der Waals surface area contributed by atoms with Gasteiger partial charge in [0.05, 0.1) is 4.88 Å². The summed E-state index contributed by atoms with van der Waals surface area (Å²) in [5.41, 5.74) is 1.13. The van der Waals surface area contributed by atoms with Gasteiger partial charge in [0.1, 0.15) is 0 Å². The number of hydrogen-bond acceptors (Lipinski definition) is 5. The van der Waals surface area contributed by atoms with E-state index in [2.05, 4.69) is 10.6 Å². The number of aliphatic carboxylic acids is 1. The number of carboxylic acid groups (broad SMARTS) is 1. The zero-order chi connectivity index (χ0) is 15.9. The molecule has 0 fully saturated rings. The van der Waals surface area contributed by atoms with Crippen LogP contribution in [0.5, 0.6) is 0 Å². The Balaban J connectivity index is 1.89. The molecule has 1 aromatic heterocycles. The Morgan fingerprint density at radius 3 is 2.14 bits per heavy atom. The molecule has 0 aliphatic carbocycles. The highest BCUT2D eigenvalue weighted by Crippen LogP contribution is 2.16. The molecular weight excluding hydrogens is 304 g/mol. The van der Waals surface area contributed by atoms with Crippen LogP contribution in [-0.4, -0.2) is 17.8 Å². The highest BCUT2D eigenvalue weighted by atomic mass is 32.1. The van der Waals surface area contributed by atoms with Gasteiger partial charge in [-0.3, -0.25) is 9.59 Å². The minimum absolute atomic E-state index is 0.140. The molecule has 0 saturated carbocycles. The number of rotatable bonds is 6. The summed E-state index contributed by atoms with van der Waals surface area (Å²) in [4.78, 5) is 34.2. The van der Waals surface area contributed by atoms with Crippen LogP contribution in [0.4, 0.5) is 11.4 Å². The third kappa shape index (κ3) is 4.71. The van der Waals surface area contributed by atoms with Crippen molar-refractivity contribution >= 4 is 40.5 Å². The molecule has 114 valence electrons. The van der Waals surface area contributed by atoms with E-state index in [1.54, 1.807) is 36.4 Å². The zero-order valence-electron chi connectivity index (χ0n) is 11.5. The van der Waals surface area contributed by atoms with Crippen molar-refractivity contribution in [3.63, 3.8) is 0 Å². The smallest absolute Gasteiger partial charge is 0.265 e. The molecule has 22 heavy (non-hydrogen) atoms. The predicted octanol–water partition coefficient (Wildman–Crippen LogP) is 1.47. The fourth-order valence-corrected chi connectivity index (χ4v) is 2.30. The van der Waals surface area contributed by atoms with Crippen LogP contribution in [0.3, 0.4) is 0 Å². The largest absolute Gasteiger partial charge is 0.550 e. The van der Waals surface area contributed by atoms with Crippen LogP contribution in [0.2, 0.25) is 0 Å². The number of anilines is 2. The van der Waals surface area contributed by atoms with Crippen LogP contribution < -0.4 is 15.7 Å². The molecule has 0 saturated heterocycles. The lowest BCUT2D eigenvalue weighted by Crippen LogP contribution is -2.24. The highest BCUT2D eigenvalue weighted by Gasteiger charge is 2.07. The lowest BCUT2D eigenvalue weighted by atomic mass is 10.2. The first-order valence-electron chi connectivity index (χ1n) is 6.49. The summed E-state index contributed by atoms with van der Waals surface area (Å²) < 4.78 is 0. The second-order valence-electron chi connectivity index (χ2n) is 4.43. The first kappa shape index (κ1) is 15.7. The molecular formula is C15H13N2O4S-. The Morgan fingerprint density at radius 1 is 0.955 bits per heavy atom. The second kappa shape index (κ2) is 7.37. The summed E-state index contributed by atoms with van der Waals surface area (Å²) in [6, 6.07) is 10.1. The number of nitrogens with one attached hydrogen (secondary N) is 2. The number of thiophene rings is 1. The number of hydrogen-bond donors (Lipinski definition) is 2. The Hall–Kier alpha value is -2.67. The van der Waals surface area contributed by atoms with Gasteiger partial charge in [-0.2, -0.15) is 0 Å². The van der Waals surface area contributed by atoms with E-state index in [-0.39, 0.29) is 18.7 Å². The molecule has 2 N–H and O–H groups in total. The summed E-state index contributed by atoms with van der Waals surface area (Å²) in [5.74, 6) is -1.86. The number of carbonyl (C=O) groups is 3. The summed E-state index contributed by atoms with van der Waals surface area (Å²) >= 11 is 1.35.